The molecule has 0 aromatic heterocycles. The van der Waals surface area contributed by atoms with E-state index in [4.69, 9.17) is 9.57 Å². The van der Waals surface area contributed by atoms with Crippen molar-refractivity contribution in [2.75, 3.05) is 39.8 Å². The summed E-state index contributed by atoms with van der Waals surface area (Å²) in [6.07, 6.45) is 6.83. The predicted molar refractivity (Wildman–Crippen MR) is 145 cm³/mol. The van der Waals surface area contributed by atoms with Crippen LogP contribution in [0.2, 0.25) is 0 Å². The Labute approximate surface area is 224 Å². The number of carbonyl (C=O) groups excluding carboxylic acids is 3. The number of carbonyl (C=O) groups is 3. The molecule has 214 valence electrons. The number of nitrogens with one attached hydrogen (secondary N) is 1. The lowest BCUT2D eigenvalue weighted by Gasteiger charge is -2.46. The fourth-order valence-corrected chi connectivity index (χ4v) is 5.17. The fourth-order valence-electron chi connectivity index (χ4n) is 5.17. The third-order valence-electron chi connectivity index (χ3n) is 7.12. The summed E-state index contributed by atoms with van der Waals surface area (Å²) in [5, 5.41) is 4.60. The van der Waals surface area contributed by atoms with Crippen LogP contribution in [-0.2, 0) is 19.2 Å². The van der Waals surface area contributed by atoms with E-state index in [1.165, 1.54) is 29.2 Å². The van der Waals surface area contributed by atoms with Gasteiger partial charge in [-0.2, -0.15) is 5.06 Å². The summed E-state index contributed by atoms with van der Waals surface area (Å²) in [5.74, 6) is 1.17. The molecular weight excluding hydrogens is 472 g/mol. The van der Waals surface area contributed by atoms with Gasteiger partial charge in [0.15, 0.2) is 6.10 Å². The average Bonchev–Trinajstić information content (AvgIpc) is 2.86. The van der Waals surface area contributed by atoms with Crippen molar-refractivity contribution in [1.29, 1.82) is 0 Å². The molecule has 1 N–H and O–H groups in total. The second-order valence-corrected chi connectivity index (χ2v) is 11.9. The van der Waals surface area contributed by atoms with Crippen LogP contribution in [0.15, 0.2) is 0 Å². The summed E-state index contributed by atoms with van der Waals surface area (Å²) in [4.78, 5) is 47.6. The molecule has 2 unspecified atom stereocenters. The lowest BCUT2D eigenvalue weighted by atomic mass is 9.90. The Kier molecular flexibility index (Phi) is 13.9. The lowest BCUT2D eigenvalue weighted by Crippen LogP contribution is -2.66. The molecule has 9 heteroatoms. The Balaban J connectivity index is 0.00000112. The number of hydrogen-bond donors (Lipinski definition) is 1. The van der Waals surface area contributed by atoms with E-state index < -0.39 is 18.4 Å². The van der Waals surface area contributed by atoms with Crippen molar-refractivity contribution < 1.29 is 24.0 Å². The van der Waals surface area contributed by atoms with Crippen LogP contribution in [0.4, 0.5) is 4.79 Å². The standard InChI is InChI=1S/C24H42N4O5.C4H10/c1-18(2)15-21-23(30)27(13-14-29)22(16-26(3)20-9-11-25-12-10-20)28(33-21)24(31)32-17-19-7-5-4-6-8-19;1-4(2)3/h14,18-22,25H,4-13,15-17H2,1-3H3;4H,1-3H3. The number of nitrogens with zero attached hydrogens (tertiary/aromatic N) is 3. The van der Waals surface area contributed by atoms with Crippen LogP contribution in [0.1, 0.15) is 86.0 Å². The van der Waals surface area contributed by atoms with Crippen molar-refractivity contribution in [1.82, 2.24) is 20.2 Å². The molecule has 0 bridgehead atoms. The first kappa shape index (κ1) is 31.5. The van der Waals surface area contributed by atoms with E-state index in [1.54, 1.807) is 0 Å². The first-order valence-corrected chi connectivity index (χ1v) is 14.4. The van der Waals surface area contributed by atoms with Crippen LogP contribution in [0.3, 0.4) is 0 Å². The van der Waals surface area contributed by atoms with E-state index >= 15 is 0 Å². The monoisotopic (exact) mass is 524 g/mol. The van der Waals surface area contributed by atoms with Crippen molar-refractivity contribution in [2.45, 2.75) is 104 Å². The highest BCUT2D eigenvalue weighted by molar-refractivity contribution is 5.84. The Morgan fingerprint density at radius 1 is 1.11 bits per heavy atom. The van der Waals surface area contributed by atoms with Gasteiger partial charge in [-0.25, -0.2) is 4.79 Å². The number of aldehydes is 1. The predicted octanol–water partition coefficient (Wildman–Crippen LogP) is 4.06. The van der Waals surface area contributed by atoms with Gasteiger partial charge in [-0.3, -0.25) is 14.5 Å². The summed E-state index contributed by atoms with van der Waals surface area (Å²) in [5.41, 5.74) is 0. The van der Waals surface area contributed by atoms with Crippen molar-refractivity contribution >= 4 is 18.3 Å². The van der Waals surface area contributed by atoms with Crippen molar-refractivity contribution in [3.63, 3.8) is 0 Å². The highest BCUT2D eigenvalue weighted by Gasteiger charge is 2.45. The largest absolute Gasteiger partial charge is 0.448 e. The number of piperidine rings is 1. The summed E-state index contributed by atoms with van der Waals surface area (Å²) in [6, 6.07) is 0.341. The number of hydrogen-bond acceptors (Lipinski definition) is 7. The summed E-state index contributed by atoms with van der Waals surface area (Å²) < 4.78 is 5.70. The maximum Gasteiger partial charge on any atom is 0.436 e. The minimum Gasteiger partial charge on any atom is -0.448 e. The molecule has 2 atom stereocenters. The van der Waals surface area contributed by atoms with Crippen molar-refractivity contribution in [3.8, 4) is 0 Å². The molecule has 2 heterocycles. The summed E-state index contributed by atoms with van der Waals surface area (Å²) in [7, 11) is 2.01. The van der Waals surface area contributed by atoms with E-state index in [1.807, 2.05) is 20.9 Å². The van der Waals surface area contributed by atoms with E-state index in [0.717, 1.165) is 51.0 Å². The molecule has 2 saturated heterocycles. The average molecular weight is 525 g/mol. The van der Waals surface area contributed by atoms with E-state index in [0.29, 0.717) is 31.5 Å². The minimum atomic E-state index is -0.799. The zero-order valence-electron chi connectivity index (χ0n) is 24.1. The van der Waals surface area contributed by atoms with Gasteiger partial charge in [0.1, 0.15) is 12.5 Å². The van der Waals surface area contributed by atoms with Gasteiger partial charge in [0.2, 0.25) is 0 Å². The van der Waals surface area contributed by atoms with Gasteiger partial charge >= 0.3 is 6.09 Å². The Hall–Kier alpha value is -1.71. The number of likely N-dealkylation sites (N-methyl/N-ethyl adjacent to an activating group) is 1. The molecule has 37 heavy (non-hydrogen) atoms. The van der Waals surface area contributed by atoms with Crippen molar-refractivity contribution in [2.24, 2.45) is 17.8 Å². The molecule has 3 aliphatic rings. The van der Waals surface area contributed by atoms with Crippen LogP contribution in [-0.4, -0.2) is 91.3 Å². The van der Waals surface area contributed by atoms with Gasteiger partial charge < -0.3 is 19.7 Å². The van der Waals surface area contributed by atoms with Crippen LogP contribution in [0.25, 0.3) is 0 Å². The molecule has 9 nitrogen and oxygen atoms in total. The second kappa shape index (κ2) is 16.3. The van der Waals surface area contributed by atoms with Gasteiger partial charge in [-0.1, -0.05) is 53.9 Å². The zero-order chi connectivity index (χ0) is 27.4. The first-order chi connectivity index (χ1) is 17.6. The van der Waals surface area contributed by atoms with E-state index in [9.17, 15) is 14.4 Å². The molecule has 2 aliphatic heterocycles. The molecule has 0 aromatic carbocycles. The van der Waals surface area contributed by atoms with E-state index in [-0.39, 0.29) is 18.4 Å². The zero-order valence-corrected chi connectivity index (χ0v) is 24.1. The van der Waals surface area contributed by atoms with Crippen molar-refractivity contribution in [3.05, 3.63) is 0 Å². The van der Waals surface area contributed by atoms with Gasteiger partial charge in [-0.05, 0) is 70.0 Å². The second-order valence-electron chi connectivity index (χ2n) is 11.9. The fraction of sp³-hybridized carbons (Fsp3) is 0.893. The maximum atomic E-state index is 13.2. The molecule has 3 rings (SSSR count). The highest BCUT2D eigenvalue weighted by Crippen LogP contribution is 2.27. The molecule has 2 amide bonds. The molecule has 0 spiro atoms. The third-order valence-corrected chi connectivity index (χ3v) is 7.12. The minimum absolute atomic E-state index is 0.0755. The molecular formula is C28H52N4O5. The topological polar surface area (TPSA) is 91.4 Å². The maximum absolute atomic E-state index is 13.2. The Morgan fingerprint density at radius 2 is 1.73 bits per heavy atom. The Morgan fingerprint density at radius 3 is 2.30 bits per heavy atom. The van der Waals surface area contributed by atoms with Crippen LogP contribution in [0.5, 0.6) is 0 Å². The third kappa shape index (κ3) is 10.5. The SMILES string of the molecule is CC(C)C.CC(C)CC1ON(C(=O)OCC2CCCCC2)C(CN(C)C2CCNCC2)N(CC=O)C1=O. The smallest absolute Gasteiger partial charge is 0.436 e. The molecule has 1 saturated carbocycles. The molecule has 0 radical (unpaired) electrons. The highest BCUT2D eigenvalue weighted by atomic mass is 16.7. The quantitative estimate of drug-likeness (QED) is 0.455. The van der Waals surface area contributed by atoms with Gasteiger partial charge in [0.05, 0.1) is 13.2 Å². The first-order valence-electron chi connectivity index (χ1n) is 14.4. The Bertz CT molecular complexity index is 689. The number of ether oxygens (including phenoxy) is 1. The number of rotatable bonds is 9. The lowest BCUT2D eigenvalue weighted by molar-refractivity contribution is -0.258. The molecule has 0 aromatic rings. The van der Waals surface area contributed by atoms with E-state index in [2.05, 4.69) is 31.0 Å². The number of amides is 2. The van der Waals surface area contributed by atoms with Crippen LogP contribution < -0.4 is 5.32 Å². The molecule has 1 aliphatic carbocycles. The van der Waals surface area contributed by atoms with Crippen LogP contribution in [0, 0.1) is 17.8 Å². The normalized spacial score (nSPS) is 23.9. The summed E-state index contributed by atoms with van der Waals surface area (Å²) in [6.45, 7) is 13.1. The van der Waals surface area contributed by atoms with Gasteiger partial charge in [0, 0.05) is 12.6 Å². The molecule has 3 fully saturated rings. The van der Waals surface area contributed by atoms with Crippen LogP contribution >= 0.6 is 0 Å². The summed E-state index contributed by atoms with van der Waals surface area (Å²) >= 11 is 0. The van der Waals surface area contributed by atoms with Gasteiger partial charge in [0.25, 0.3) is 5.91 Å². The van der Waals surface area contributed by atoms with Gasteiger partial charge in [-0.15, -0.1) is 0 Å². The number of hydroxylamine groups is 2.